The number of benzene rings is 1. The van der Waals surface area contributed by atoms with Crippen molar-refractivity contribution in [3.8, 4) is 0 Å². The van der Waals surface area contributed by atoms with Crippen LogP contribution in [0.15, 0.2) is 24.3 Å². The third kappa shape index (κ3) is 6.44. The van der Waals surface area contributed by atoms with E-state index in [9.17, 15) is 27.6 Å². The molecule has 0 aliphatic carbocycles. The summed E-state index contributed by atoms with van der Waals surface area (Å²) in [6.07, 6.45) is -4.78. The number of alkyl halides is 3. The molecule has 0 aromatic heterocycles. The maximum absolute atomic E-state index is 12.5. The molecule has 0 saturated carbocycles. The first-order valence-corrected chi connectivity index (χ1v) is 7.47. The summed E-state index contributed by atoms with van der Waals surface area (Å²) < 4.78 is 46.9. The van der Waals surface area contributed by atoms with E-state index >= 15 is 0 Å². The molecule has 1 amide bonds. The van der Waals surface area contributed by atoms with E-state index < -0.39 is 35.6 Å². The molecule has 1 aromatic carbocycles. The molecule has 1 aromatic rings. The van der Waals surface area contributed by atoms with Crippen LogP contribution in [0.1, 0.15) is 25.0 Å². The molecule has 0 unspecified atom stereocenters. The summed E-state index contributed by atoms with van der Waals surface area (Å²) in [7, 11) is 0. The lowest BCUT2D eigenvalue weighted by atomic mass is 10.1. The Morgan fingerprint density at radius 2 is 1.48 bits per heavy atom. The van der Waals surface area contributed by atoms with Crippen LogP contribution in [-0.4, -0.2) is 37.1 Å². The number of hydrogen-bond donors (Lipinski definition) is 1. The number of carbonyl (C=O) groups is 3. The molecule has 25 heavy (non-hydrogen) atoms. The van der Waals surface area contributed by atoms with Crippen molar-refractivity contribution in [2.24, 2.45) is 0 Å². The van der Waals surface area contributed by atoms with Gasteiger partial charge in [-0.3, -0.25) is 4.79 Å². The highest BCUT2D eigenvalue weighted by Crippen LogP contribution is 2.29. The molecule has 1 rings (SSSR count). The SMILES string of the molecule is CCOC(=O)C(NC(=O)Cc1ccc(C(F)(F)F)cc1)C(=O)OCC. The molecule has 0 aliphatic rings. The van der Waals surface area contributed by atoms with Crippen LogP contribution in [-0.2, 0) is 36.5 Å². The minimum atomic E-state index is -4.47. The Morgan fingerprint density at radius 1 is 1.00 bits per heavy atom. The molecule has 0 atom stereocenters. The van der Waals surface area contributed by atoms with E-state index in [1.807, 2.05) is 0 Å². The van der Waals surface area contributed by atoms with Crippen LogP contribution in [0.2, 0.25) is 0 Å². The Labute approximate surface area is 142 Å². The van der Waals surface area contributed by atoms with Gasteiger partial charge in [0.2, 0.25) is 11.9 Å². The van der Waals surface area contributed by atoms with Crippen LogP contribution in [0.25, 0.3) is 0 Å². The van der Waals surface area contributed by atoms with Gasteiger partial charge < -0.3 is 14.8 Å². The lowest BCUT2D eigenvalue weighted by Gasteiger charge is -2.16. The zero-order valence-corrected chi connectivity index (χ0v) is 13.7. The zero-order valence-electron chi connectivity index (χ0n) is 13.7. The normalized spacial score (nSPS) is 11.1. The Balaban J connectivity index is 2.76. The first-order chi connectivity index (χ1) is 11.7. The van der Waals surface area contributed by atoms with Crippen molar-refractivity contribution in [3.63, 3.8) is 0 Å². The third-order valence-corrected chi connectivity index (χ3v) is 3.00. The standard InChI is InChI=1S/C16H18F3NO5/c1-3-24-14(22)13(15(23)25-4-2)20-12(21)9-10-5-7-11(8-6-10)16(17,18)19/h5-8,13H,3-4,9H2,1-2H3,(H,20,21). The third-order valence-electron chi connectivity index (χ3n) is 3.00. The van der Waals surface area contributed by atoms with Crippen molar-refractivity contribution in [2.45, 2.75) is 32.5 Å². The number of ether oxygens (including phenoxy) is 2. The topological polar surface area (TPSA) is 81.7 Å². The molecule has 6 nitrogen and oxygen atoms in total. The summed E-state index contributed by atoms with van der Waals surface area (Å²) >= 11 is 0. The van der Waals surface area contributed by atoms with E-state index in [1.165, 1.54) is 13.8 Å². The number of halogens is 3. The molecule has 0 aliphatic heterocycles. The van der Waals surface area contributed by atoms with E-state index in [-0.39, 0.29) is 25.2 Å². The highest BCUT2D eigenvalue weighted by atomic mass is 19.4. The fourth-order valence-electron chi connectivity index (χ4n) is 1.87. The molecule has 0 heterocycles. The minimum Gasteiger partial charge on any atom is -0.464 e. The maximum Gasteiger partial charge on any atom is 0.416 e. The van der Waals surface area contributed by atoms with Gasteiger partial charge in [-0.25, -0.2) is 9.59 Å². The largest absolute Gasteiger partial charge is 0.464 e. The highest BCUT2D eigenvalue weighted by molar-refractivity contribution is 6.02. The summed E-state index contributed by atoms with van der Waals surface area (Å²) in [5.41, 5.74) is -0.551. The van der Waals surface area contributed by atoms with E-state index in [1.54, 1.807) is 0 Å². The van der Waals surface area contributed by atoms with Gasteiger partial charge in [0.05, 0.1) is 25.2 Å². The Kier molecular flexibility index (Phi) is 7.41. The second-order valence-electron chi connectivity index (χ2n) is 4.88. The van der Waals surface area contributed by atoms with Crippen LogP contribution in [0, 0.1) is 0 Å². The maximum atomic E-state index is 12.5. The van der Waals surface area contributed by atoms with Crippen LogP contribution in [0.3, 0.4) is 0 Å². The lowest BCUT2D eigenvalue weighted by molar-refractivity contribution is -0.159. The predicted molar refractivity (Wildman–Crippen MR) is 80.3 cm³/mol. The van der Waals surface area contributed by atoms with Crippen LogP contribution in [0.4, 0.5) is 13.2 Å². The van der Waals surface area contributed by atoms with E-state index in [2.05, 4.69) is 5.32 Å². The Morgan fingerprint density at radius 3 is 1.88 bits per heavy atom. The molecular formula is C16H18F3NO5. The fourth-order valence-corrected chi connectivity index (χ4v) is 1.87. The van der Waals surface area contributed by atoms with Crippen molar-refractivity contribution in [2.75, 3.05) is 13.2 Å². The van der Waals surface area contributed by atoms with Gasteiger partial charge in [0.15, 0.2) is 0 Å². The second-order valence-corrected chi connectivity index (χ2v) is 4.88. The van der Waals surface area contributed by atoms with Crippen molar-refractivity contribution < 1.29 is 37.0 Å². The quantitative estimate of drug-likeness (QED) is 0.592. The van der Waals surface area contributed by atoms with Crippen molar-refractivity contribution in [1.29, 1.82) is 0 Å². The molecule has 0 spiro atoms. The molecular weight excluding hydrogens is 343 g/mol. The summed E-state index contributed by atoms with van der Waals surface area (Å²) in [4.78, 5) is 35.5. The minimum absolute atomic E-state index is 0.00349. The molecule has 0 saturated heterocycles. The van der Waals surface area contributed by atoms with Gasteiger partial charge in [0.1, 0.15) is 0 Å². The molecule has 138 valence electrons. The van der Waals surface area contributed by atoms with Crippen LogP contribution in [0.5, 0.6) is 0 Å². The van der Waals surface area contributed by atoms with E-state index in [0.29, 0.717) is 0 Å². The van der Waals surface area contributed by atoms with Gasteiger partial charge in [-0.05, 0) is 31.5 Å². The first-order valence-electron chi connectivity index (χ1n) is 7.47. The van der Waals surface area contributed by atoms with E-state index in [4.69, 9.17) is 9.47 Å². The number of hydrogen-bond acceptors (Lipinski definition) is 5. The fraction of sp³-hybridized carbons (Fsp3) is 0.438. The smallest absolute Gasteiger partial charge is 0.416 e. The first kappa shape index (κ1) is 20.5. The average molecular weight is 361 g/mol. The van der Waals surface area contributed by atoms with Gasteiger partial charge >= 0.3 is 18.1 Å². The molecule has 0 radical (unpaired) electrons. The van der Waals surface area contributed by atoms with Crippen LogP contribution < -0.4 is 5.32 Å². The second kappa shape index (κ2) is 9.05. The molecule has 9 heteroatoms. The van der Waals surface area contributed by atoms with E-state index in [0.717, 1.165) is 24.3 Å². The average Bonchev–Trinajstić information content (AvgIpc) is 2.52. The van der Waals surface area contributed by atoms with Gasteiger partial charge in [0, 0.05) is 0 Å². The predicted octanol–water partition coefficient (Wildman–Crippen LogP) is 1.86. The summed E-state index contributed by atoms with van der Waals surface area (Å²) in [5.74, 6) is -2.67. The monoisotopic (exact) mass is 361 g/mol. The van der Waals surface area contributed by atoms with Gasteiger partial charge in [-0.15, -0.1) is 0 Å². The lowest BCUT2D eigenvalue weighted by Crippen LogP contribution is -2.48. The number of amides is 1. The number of rotatable bonds is 7. The zero-order chi connectivity index (χ0) is 19.0. The Bertz CT molecular complexity index is 595. The van der Waals surface area contributed by atoms with Crippen molar-refractivity contribution >= 4 is 17.8 Å². The van der Waals surface area contributed by atoms with Crippen molar-refractivity contribution in [3.05, 3.63) is 35.4 Å². The van der Waals surface area contributed by atoms with Gasteiger partial charge in [-0.1, -0.05) is 12.1 Å². The number of carbonyl (C=O) groups excluding carboxylic acids is 3. The number of nitrogens with one attached hydrogen (secondary N) is 1. The molecule has 0 fully saturated rings. The summed E-state index contributed by atoms with van der Waals surface area (Å²) in [6, 6.07) is 2.35. The summed E-state index contributed by atoms with van der Waals surface area (Å²) in [6.45, 7) is 3.07. The number of esters is 2. The van der Waals surface area contributed by atoms with Gasteiger partial charge in [-0.2, -0.15) is 13.2 Å². The Hall–Kier alpha value is -2.58. The molecule has 1 N–H and O–H groups in total. The highest BCUT2D eigenvalue weighted by Gasteiger charge is 2.32. The van der Waals surface area contributed by atoms with Crippen LogP contribution >= 0.6 is 0 Å². The van der Waals surface area contributed by atoms with Gasteiger partial charge in [0.25, 0.3) is 0 Å². The van der Waals surface area contributed by atoms with Crippen molar-refractivity contribution in [1.82, 2.24) is 5.32 Å². The summed E-state index contributed by atoms with van der Waals surface area (Å²) in [5, 5.41) is 2.17. The molecule has 0 bridgehead atoms.